The minimum Gasteiger partial charge on any atom is -0.483 e. The van der Waals surface area contributed by atoms with Crippen molar-refractivity contribution in [1.82, 2.24) is 5.32 Å². The van der Waals surface area contributed by atoms with E-state index in [1.165, 1.54) is 23.8 Å². The average Bonchev–Trinajstić information content (AvgIpc) is 2.52. The normalized spacial score (nSPS) is 10.3. The van der Waals surface area contributed by atoms with Gasteiger partial charge in [0.1, 0.15) is 11.6 Å². The summed E-state index contributed by atoms with van der Waals surface area (Å²) in [7, 11) is 0. The van der Waals surface area contributed by atoms with Crippen LogP contribution in [0, 0.1) is 5.82 Å². The smallest absolute Gasteiger partial charge is 0.257 e. The Hall–Kier alpha value is -1.88. The van der Waals surface area contributed by atoms with E-state index in [9.17, 15) is 9.18 Å². The largest absolute Gasteiger partial charge is 0.483 e. The molecule has 2 aromatic carbocycles. The fourth-order valence-corrected chi connectivity index (χ4v) is 2.42. The maximum absolute atomic E-state index is 12.9. The summed E-state index contributed by atoms with van der Waals surface area (Å²) in [5, 5.41) is 2.80. The Labute approximate surface area is 137 Å². The maximum Gasteiger partial charge on any atom is 0.257 e. The first-order valence-corrected chi connectivity index (χ1v) is 7.83. The van der Waals surface area contributed by atoms with Gasteiger partial charge in [0.05, 0.1) is 4.47 Å². The fraction of sp³-hybridized carbons (Fsp3) is 0.235. The van der Waals surface area contributed by atoms with Crippen molar-refractivity contribution in [3.05, 3.63) is 64.4 Å². The molecule has 0 aliphatic carbocycles. The van der Waals surface area contributed by atoms with Gasteiger partial charge in [-0.25, -0.2) is 4.39 Å². The van der Waals surface area contributed by atoms with E-state index in [4.69, 9.17) is 4.74 Å². The van der Waals surface area contributed by atoms with Crippen molar-refractivity contribution in [3.8, 4) is 5.75 Å². The lowest BCUT2D eigenvalue weighted by Crippen LogP contribution is -2.30. The van der Waals surface area contributed by atoms with Crippen LogP contribution >= 0.6 is 15.9 Å². The summed E-state index contributed by atoms with van der Waals surface area (Å²) in [4.78, 5) is 11.7. The van der Waals surface area contributed by atoms with Gasteiger partial charge in [-0.2, -0.15) is 0 Å². The van der Waals surface area contributed by atoms with Crippen LogP contribution in [0.1, 0.15) is 12.0 Å². The molecule has 5 heteroatoms. The molecule has 0 spiro atoms. The number of nitrogens with one attached hydrogen (secondary N) is 1. The van der Waals surface area contributed by atoms with E-state index in [0.717, 1.165) is 12.8 Å². The van der Waals surface area contributed by atoms with Crippen LogP contribution in [0.15, 0.2) is 53.0 Å². The predicted octanol–water partition coefficient (Wildman–Crippen LogP) is 3.72. The zero-order valence-electron chi connectivity index (χ0n) is 12.0. The van der Waals surface area contributed by atoms with E-state index in [-0.39, 0.29) is 18.3 Å². The van der Waals surface area contributed by atoms with Crippen LogP contribution < -0.4 is 10.1 Å². The molecular weight excluding hydrogens is 349 g/mol. The molecule has 0 radical (unpaired) electrons. The highest BCUT2D eigenvalue weighted by molar-refractivity contribution is 9.10. The predicted molar refractivity (Wildman–Crippen MR) is 87.4 cm³/mol. The summed E-state index contributed by atoms with van der Waals surface area (Å²) >= 11 is 3.19. The summed E-state index contributed by atoms with van der Waals surface area (Å²) in [5.41, 5.74) is 1.25. The molecule has 116 valence electrons. The molecule has 0 saturated carbocycles. The molecule has 22 heavy (non-hydrogen) atoms. The monoisotopic (exact) mass is 365 g/mol. The number of hydrogen-bond donors (Lipinski definition) is 1. The molecule has 0 heterocycles. The topological polar surface area (TPSA) is 38.3 Å². The van der Waals surface area contributed by atoms with Gasteiger partial charge in [-0.3, -0.25) is 4.79 Å². The molecule has 0 aromatic heterocycles. The Morgan fingerprint density at radius 1 is 1.18 bits per heavy atom. The number of carbonyl (C=O) groups is 1. The zero-order chi connectivity index (χ0) is 15.8. The van der Waals surface area contributed by atoms with Crippen molar-refractivity contribution in [3.63, 3.8) is 0 Å². The molecule has 3 nitrogen and oxygen atoms in total. The highest BCUT2D eigenvalue weighted by atomic mass is 79.9. The summed E-state index contributed by atoms with van der Waals surface area (Å²) in [5.74, 6) is -0.102. The standard InChI is InChI=1S/C17H17BrFNO2/c18-15-11-14(19)8-9-16(15)22-12-17(21)20-10-4-7-13-5-2-1-3-6-13/h1-3,5-6,8-9,11H,4,7,10,12H2,(H,20,21). The Balaban J connectivity index is 1.65. The van der Waals surface area contributed by atoms with Gasteiger partial charge in [-0.15, -0.1) is 0 Å². The van der Waals surface area contributed by atoms with Gasteiger partial charge in [-0.1, -0.05) is 30.3 Å². The summed E-state index contributed by atoms with van der Waals surface area (Å²) in [6.45, 7) is 0.511. The van der Waals surface area contributed by atoms with E-state index in [0.29, 0.717) is 16.8 Å². The SMILES string of the molecule is O=C(COc1ccc(F)cc1Br)NCCCc1ccccc1. The van der Waals surface area contributed by atoms with Crippen molar-refractivity contribution in [2.24, 2.45) is 0 Å². The molecule has 1 N–H and O–H groups in total. The number of hydrogen-bond acceptors (Lipinski definition) is 2. The molecule has 2 aromatic rings. The van der Waals surface area contributed by atoms with E-state index in [1.54, 1.807) is 0 Å². The number of rotatable bonds is 7. The Morgan fingerprint density at radius 2 is 1.95 bits per heavy atom. The van der Waals surface area contributed by atoms with Gasteiger partial charge in [-0.05, 0) is 52.5 Å². The number of ether oxygens (including phenoxy) is 1. The lowest BCUT2D eigenvalue weighted by Gasteiger charge is -2.09. The first-order valence-electron chi connectivity index (χ1n) is 7.03. The minimum atomic E-state index is -0.357. The molecule has 0 aliphatic heterocycles. The number of amides is 1. The second kappa shape index (κ2) is 8.54. The number of halogens is 2. The highest BCUT2D eigenvalue weighted by Gasteiger charge is 2.06. The third-order valence-electron chi connectivity index (χ3n) is 3.06. The first-order chi connectivity index (χ1) is 10.6. The van der Waals surface area contributed by atoms with Crippen LogP contribution in [-0.4, -0.2) is 19.1 Å². The van der Waals surface area contributed by atoms with Crippen LogP contribution in [0.5, 0.6) is 5.75 Å². The van der Waals surface area contributed by atoms with Gasteiger partial charge in [0, 0.05) is 6.54 Å². The van der Waals surface area contributed by atoms with Crippen molar-refractivity contribution in [1.29, 1.82) is 0 Å². The van der Waals surface area contributed by atoms with Crippen LogP contribution in [0.3, 0.4) is 0 Å². The van der Waals surface area contributed by atoms with Crippen LogP contribution in [0.25, 0.3) is 0 Å². The van der Waals surface area contributed by atoms with E-state index >= 15 is 0 Å². The Kier molecular flexibility index (Phi) is 6.40. The lowest BCUT2D eigenvalue weighted by atomic mass is 10.1. The van der Waals surface area contributed by atoms with Crippen LogP contribution in [0.4, 0.5) is 4.39 Å². The number of carbonyl (C=O) groups excluding carboxylic acids is 1. The molecule has 0 bridgehead atoms. The third kappa shape index (κ3) is 5.48. The molecule has 0 atom stereocenters. The van der Waals surface area contributed by atoms with E-state index in [2.05, 4.69) is 33.4 Å². The van der Waals surface area contributed by atoms with Gasteiger partial charge in [0.2, 0.25) is 0 Å². The molecule has 0 saturated heterocycles. The molecule has 1 amide bonds. The van der Waals surface area contributed by atoms with E-state index in [1.807, 2.05) is 18.2 Å². The lowest BCUT2D eigenvalue weighted by molar-refractivity contribution is -0.123. The van der Waals surface area contributed by atoms with Crippen LogP contribution in [-0.2, 0) is 11.2 Å². The van der Waals surface area contributed by atoms with Gasteiger partial charge in [0.25, 0.3) is 5.91 Å². The number of aryl methyl sites for hydroxylation is 1. The molecular formula is C17H17BrFNO2. The highest BCUT2D eigenvalue weighted by Crippen LogP contribution is 2.25. The average molecular weight is 366 g/mol. The Morgan fingerprint density at radius 3 is 2.68 bits per heavy atom. The summed E-state index contributed by atoms with van der Waals surface area (Å²) in [6, 6.07) is 14.2. The van der Waals surface area contributed by atoms with Gasteiger partial charge in [0.15, 0.2) is 6.61 Å². The summed E-state index contributed by atoms with van der Waals surface area (Å²) in [6.07, 6.45) is 1.79. The second-order valence-corrected chi connectivity index (χ2v) is 5.66. The molecule has 0 fully saturated rings. The van der Waals surface area contributed by atoms with Crippen molar-refractivity contribution in [2.45, 2.75) is 12.8 Å². The van der Waals surface area contributed by atoms with Crippen molar-refractivity contribution in [2.75, 3.05) is 13.2 Å². The number of benzene rings is 2. The van der Waals surface area contributed by atoms with Crippen LogP contribution in [0.2, 0.25) is 0 Å². The van der Waals surface area contributed by atoms with Gasteiger partial charge < -0.3 is 10.1 Å². The zero-order valence-corrected chi connectivity index (χ0v) is 13.6. The van der Waals surface area contributed by atoms with Gasteiger partial charge >= 0.3 is 0 Å². The van der Waals surface area contributed by atoms with Crippen molar-refractivity contribution < 1.29 is 13.9 Å². The maximum atomic E-state index is 12.9. The molecule has 0 unspecified atom stereocenters. The first kappa shape index (κ1) is 16.5. The quantitative estimate of drug-likeness (QED) is 0.759. The fourth-order valence-electron chi connectivity index (χ4n) is 1.95. The summed E-state index contributed by atoms with van der Waals surface area (Å²) < 4.78 is 18.8. The third-order valence-corrected chi connectivity index (χ3v) is 3.68. The Bertz CT molecular complexity index is 619. The second-order valence-electron chi connectivity index (χ2n) is 4.80. The minimum absolute atomic E-state index is 0.0877. The van der Waals surface area contributed by atoms with Crippen molar-refractivity contribution >= 4 is 21.8 Å². The molecule has 2 rings (SSSR count). The van der Waals surface area contributed by atoms with E-state index < -0.39 is 0 Å². The molecule has 0 aliphatic rings.